The zero-order valence-electron chi connectivity index (χ0n) is 12.1. The van der Waals surface area contributed by atoms with Gasteiger partial charge in [0.15, 0.2) is 0 Å². The molecule has 5 nitrogen and oxygen atoms in total. The van der Waals surface area contributed by atoms with Gasteiger partial charge in [-0.3, -0.25) is 9.59 Å². The third-order valence-corrected chi connectivity index (χ3v) is 2.52. The topological polar surface area (TPSA) is 64.6 Å². The number of hydrogen-bond donors (Lipinski definition) is 1. The largest absolute Gasteiger partial charge is 0.497 e. The fourth-order valence-electron chi connectivity index (χ4n) is 1.66. The predicted molar refractivity (Wildman–Crippen MR) is 75.6 cm³/mol. The fraction of sp³-hybridized carbons (Fsp3) is 0.467. The second-order valence-corrected chi connectivity index (χ2v) is 4.67. The van der Waals surface area contributed by atoms with Gasteiger partial charge in [-0.1, -0.05) is 12.1 Å². The summed E-state index contributed by atoms with van der Waals surface area (Å²) in [5, 5.41) is 2.69. The Kier molecular flexibility index (Phi) is 6.56. The van der Waals surface area contributed by atoms with Crippen LogP contribution in [-0.2, 0) is 20.7 Å². The Balaban J connectivity index is 2.31. The van der Waals surface area contributed by atoms with Crippen LogP contribution in [0.25, 0.3) is 0 Å². The predicted octanol–water partition coefficient (Wildman–Crippen LogP) is 1.70. The summed E-state index contributed by atoms with van der Waals surface area (Å²) in [6, 6.07) is 7.33. The van der Waals surface area contributed by atoms with Crippen LogP contribution in [0.3, 0.4) is 0 Å². The van der Waals surface area contributed by atoms with Gasteiger partial charge < -0.3 is 14.8 Å². The molecular weight excluding hydrogens is 258 g/mol. The highest BCUT2D eigenvalue weighted by Crippen LogP contribution is 2.12. The Morgan fingerprint density at radius 1 is 1.30 bits per heavy atom. The van der Waals surface area contributed by atoms with Crippen molar-refractivity contribution in [3.05, 3.63) is 29.8 Å². The zero-order chi connectivity index (χ0) is 15.0. The molecule has 0 radical (unpaired) electrons. The smallest absolute Gasteiger partial charge is 0.307 e. The van der Waals surface area contributed by atoms with Crippen LogP contribution in [-0.4, -0.2) is 31.6 Å². The van der Waals surface area contributed by atoms with Crippen molar-refractivity contribution in [3.8, 4) is 5.75 Å². The highest BCUT2D eigenvalue weighted by atomic mass is 16.5. The van der Waals surface area contributed by atoms with Gasteiger partial charge in [0.25, 0.3) is 0 Å². The summed E-state index contributed by atoms with van der Waals surface area (Å²) < 4.78 is 10.1. The van der Waals surface area contributed by atoms with E-state index in [-0.39, 0.29) is 37.4 Å². The van der Waals surface area contributed by atoms with Crippen LogP contribution in [0.5, 0.6) is 5.75 Å². The molecule has 0 saturated carbocycles. The third-order valence-electron chi connectivity index (χ3n) is 2.52. The standard InChI is InChI=1S/C15H21NO4/c1-11(2)20-15(18)7-8-16-14(17)10-12-5-4-6-13(9-12)19-3/h4-6,9,11H,7-8,10H2,1-3H3,(H,16,17). The summed E-state index contributed by atoms with van der Waals surface area (Å²) in [6.45, 7) is 3.87. The molecule has 0 aliphatic carbocycles. The summed E-state index contributed by atoms with van der Waals surface area (Å²) in [5.74, 6) is 0.285. The molecule has 0 fully saturated rings. The van der Waals surface area contributed by atoms with Gasteiger partial charge in [-0.2, -0.15) is 0 Å². The van der Waals surface area contributed by atoms with Gasteiger partial charge in [0.05, 0.1) is 26.1 Å². The first kappa shape index (κ1) is 16.0. The van der Waals surface area contributed by atoms with E-state index in [2.05, 4.69) is 5.32 Å². The molecule has 0 atom stereocenters. The molecule has 0 unspecified atom stereocenters. The summed E-state index contributed by atoms with van der Waals surface area (Å²) in [6.07, 6.45) is 0.313. The Bertz CT molecular complexity index is 457. The summed E-state index contributed by atoms with van der Waals surface area (Å²) in [5.41, 5.74) is 0.867. The Labute approximate surface area is 119 Å². The zero-order valence-corrected chi connectivity index (χ0v) is 12.1. The molecule has 1 aromatic carbocycles. The molecular formula is C15H21NO4. The van der Waals surface area contributed by atoms with Gasteiger partial charge in [-0.15, -0.1) is 0 Å². The van der Waals surface area contributed by atoms with E-state index in [4.69, 9.17) is 9.47 Å². The van der Waals surface area contributed by atoms with Crippen molar-refractivity contribution in [2.24, 2.45) is 0 Å². The van der Waals surface area contributed by atoms with E-state index in [1.807, 2.05) is 24.3 Å². The van der Waals surface area contributed by atoms with E-state index in [0.717, 1.165) is 11.3 Å². The molecule has 0 bridgehead atoms. The highest BCUT2D eigenvalue weighted by Gasteiger charge is 2.07. The monoisotopic (exact) mass is 279 g/mol. The maximum atomic E-state index is 11.7. The summed E-state index contributed by atoms with van der Waals surface area (Å²) in [7, 11) is 1.58. The second kappa shape index (κ2) is 8.19. The Hall–Kier alpha value is -2.04. The number of hydrogen-bond acceptors (Lipinski definition) is 4. The van der Waals surface area contributed by atoms with Gasteiger partial charge in [0.1, 0.15) is 5.75 Å². The third kappa shape index (κ3) is 6.22. The molecule has 0 heterocycles. The van der Waals surface area contributed by atoms with Gasteiger partial charge in [0.2, 0.25) is 5.91 Å². The maximum Gasteiger partial charge on any atom is 0.307 e. The normalized spacial score (nSPS) is 10.2. The number of carbonyl (C=O) groups is 2. The first-order valence-electron chi connectivity index (χ1n) is 6.60. The number of carbonyl (C=O) groups excluding carboxylic acids is 2. The number of nitrogens with one attached hydrogen (secondary N) is 1. The lowest BCUT2D eigenvalue weighted by molar-refractivity contribution is -0.147. The molecule has 0 spiro atoms. The molecule has 0 aliphatic rings. The quantitative estimate of drug-likeness (QED) is 0.771. The number of esters is 1. The van der Waals surface area contributed by atoms with Crippen molar-refractivity contribution >= 4 is 11.9 Å². The van der Waals surface area contributed by atoms with E-state index in [1.54, 1.807) is 21.0 Å². The van der Waals surface area contributed by atoms with E-state index >= 15 is 0 Å². The average Bonchev–Trinajstić information content (AvgIpc) is 2.38. The number of benzene rings is 1. The van der Waals surface area contributed by atoms with Crippen LogP contribution < -0.4 is 10.1 Å². The Morgan fingerprint density at radius 2 is 2.05 bits per heavy atom. The number of ether oxygens (including phenoxy) is 2. The van der Waals surface area contributed by atoms with E-state index in [1.165, 1.54) is 0 Å². The van der Waals surface area contributed by atoms with Crippen molar-refractivity contribution in [2.75, 3.05) is 13.7 Å². The minimum absolute atomic E-state index is 0.129. The number of rotatable bonds is 7. The SMILES string of the molecule is COc1cccc(CC(=O)NCCC(=O)OC(C)C)c1. The van der Waals surface area contributed by atoms with E-state index in [9.17, 15) is 9.59 Å². The molecule has 1 N–H and O–H groups in total. The fourth-order valence-corrected chi connectivity index (χ4v) is 1.66. The van der Waals surface area contributed by atoms with Gasteiger partial charge >= 0.3 is 5.97 Å². The molecule has 20 heavy (non-hydrogen) atoms. The molecule has 1 rings (SSSR count). The number of amides is 1. The highest BCUT2D eigenvalue weighted by molar-refractivity contribution is 5.79. The van der Waals surface area contributed by atoms with Crippen LogP contribution in [0.15, 0.2) is 24.3 Å². The lowest BCUT2D eigenvalue weighted by atomic mass is 10.1. The molecule has 1 amide bonds. The Morgan fingerprint density at radius 3 is 2.70 bits per heavy atom. The van der Waals surface area contributed by atoms with Crippen molar-refractivity contribution in [3.63, 3.8) is 0 Å². The van der Waals surface area contributed by atoms with Crippen LogP contribution in [0.1, 0.15) is 25.8 Å². The molecule has 0 aromatic heterocycles. The van der Waals surface area contributed by atoms with Crippen molar-refractivity contribution in [1.29, 1.82) is 0 Å². The second-order valence-electron chi connectivity index (χ2n) is 4.67. The maximum absolute atomic E-state index is 11.7. The summed E-state index contributed by atoms with van der Waals surface area (Å²) in [4.78, 5) is 23.0. The minimum atomic E-state index is -0.304. The van der Waals surface area contributed by atoms with Gasteiger partial charge in [-0.05, 0) is 31.5 Å². The van der Waals surface area contributed by atoms with E-state index in [0.29, 0.717) is 0 Å². The van der Waals surface area contributed by atoms with Crippen molar-refractivity contribution in [2.45, 2.75) is 32.8 Å². The van der Waals surface area contributed by atoms with Gasteiger partial charge in [0, 0.05) is 6.54 Å². The average molecular weight is 279 g/mol. The van der Waals surface area contributed by atoms with Crippen LogP contribution in [0, 0.1) is 0 Å². The van der Waals surface area contributed by atoms with Gasteiger partial charge in [-0.25, -0.2) is 0 Å². The summed E-state index contributed by atoms with van der Waals surface area (Å²) >= 11 is 0. The van der Waals surface area contributed by atoms with E-state index < -0.39 is 0 Å². The molecule has 5 heteroatoms. The molecule has 110 valence electrons. The van der Waals surface area contributed by atoms with Crippen molar-refractivity contribution < 1.29 is 19.1 Å². The molecule has 0 aliphatic heterocycles. The molecule has 0 saturated heterocycles. The first-order chi connectivity index (χ1) is 9.51. The van der Waals surface area contributed by atoms with Crippen LogP contribution in [0.4, 0.5) is 0 Å². The minimum Gasteiger partial charge on any atom is -0.497 e. The molecule has 1 aromatic rings. The number of methoxy groups -OCH3 is 1. The lowest BCUT2D eigenvalue weighted by Crippen LogP contribution is -2.28. The van der Waals surface area contributed by atoms with Crippen molar-refractivity contribution in [1.82, 2.24) is 5.32 Å². The lowest BCUT2D eigenvalue weighted by Gasteiger charge is -2.09. The first-order valence-corrected chi connectivity index (χ1v) is 6.60. The van der Waals surface area contributed by atoms with Crippen LogP contribution in [0.2, 0.25) is 0 Å². The van der Waals surface area contributed by atoms with Crippen LogP contribution >= 0.6 is 0 Å².